The molecule has 1 aliphatic carbocycles. The Morgan fingerprint density at radius 2 is 1.89 bits per heavy atom. The van der Waals surface area contributed by atoms with Crippen LogP contribution in [-0.4, -0.2) is 24.0 Å². The van der Waals surface area contributed by atoms with Crippen molar-refractivity contribution < 1.29 is 18.3 Å². The maximum absolute atomic E-state index is 13.5. The lowest BCUT2D eigenvalue weighted by Crippen LogP contribution is -2.29. The quantitative estimate of drug-likeness (QED) is 0.633. The molecule has 0 aliphatic heterocycles. The summed E-state index contributed by atoms with van der Waals surface area (Å²) in [4.78, 5) is 14.1. The lowest BCUT2D eigenvalue weighted by atomic mass is 10.1. The number of amides is 1. The van der Waals surface area contributed by atoms with Crippen LogP contribution in [0.2, 0.25) is 0 Å². The molecule has 1 aliphatic rings. The monoisotopic (exact) mass is 387 g/mol. The van der Waals surface area contributed by atoms with E-state index in [9.17, 15) is 13.6 Å². The highest BCUT2D eigenvalue weighted by Gasteiger charge is 2.19. The molecule has 1 saturated carbocycles. The Morgan fingerprint density at radius 1 is 1.14 bits per heavy atom. The van der Waals surface area contributed by atoms with Crippen molar-refractivity contribution in [2.75, 3.05) is 7.05 Å². The summed E-state index contributed by atoms with van der Waals surface area (Å²) in [5.74, 6) is -0.964. The fourth-order valence-electron chi connectivity index (χ4n) is 3.61. The van der Waals surface area contributed by atoms with Gasteiger partial charge in [0, 0.05) is 13.5 Å². The van der Waals surface area contributed by atoms with Crippen molar-refractivity contribution in [2.45, 2.75) is 57.6 Å². The van der Waals surface area contributed by atoms with Gasteiger partial charge in [0.15, 0.2) is 11.6 Å². The lowest BCUT2D eigenvalue weighted by molar-refractivity contribution is -0.131. The minimum Gasteiger partial charge on any atom is -0.490 e. The Balaban J connectivity index is 1.56. The number of carbonyl (C=O) groups excluding carboxylic acids is 1. The Kier molecular flexibility index (Phi) is 6.65. The van der Waals surface area contributed by atoms with Gasteiger partial charge in [-0.15, -0.1) is 0 Å². The Morgan fingerprint density at radius 3 is 2.61 bits per heavy atom. The van der Waals surface area contributed by atoms with Crippen LogP contribution in [0.1, 0.15) is 56.2 Å². The summed E-state index contributed by atoms with van der Waals surface area (Å²) in [6, 6.07) is 11.3. The molecular weight excluding hydrogens is 360 g/mol. The molecule has 0 bridgehead atoms. The number of benzene rings is 2. The van der Waals surface area contributed by atoms with Gasteiger partial charge in [0.2, 0.25) is 5.91 Å². The standard InChI is InChI=1S/C23H27F2NO2/c1-16(18-11-12-21(24)22(25)15-18)26(2)23(27)13-10-17-6-5-9-20(14-17)28-19-7-3-4-8-19/h5-6,9,11-12,14-16,19H,3-4,7-8,10,13H2,1-2H3. The lowest BCUT2D eigenvalue weighted by Gasteiger charge is -2.25. The van der Waals surface area contributed by atoms with Crippen molar-refractivity contribution in [3.63, 3.8) is 0 Å². The smallest absolute Gasteiger partial charge is 0.223 e. The van der Waals surface area contributed by atoms with Crippen LogP contribution in [0, 0.1) is 11.6 Å². The molecular formula is C23H27F2NO2. The summed E-state index contributed by atoms with van der Waals surface area (Å²) < 4.78 is 32.6. The van der Waals surface area contributed by atoms with Crippen LogP contribution < -0.4 is 4.74 Å². The Bertz CT molecular complexity index is 818. The average Bonchev–Trinajstić information content (AvgIpc) is 3.20. The molecule has 0 radical (unpaired) electrons. The van der Waals surface area contributed by atoms with E-state index in [1.54, 1.807) is 18.9 Å². The maximum Gasteiger partial charge on any atom is 0.223 e. The predicted octanol–water partition coefficient (Wildman–Crippen LogP) is 5.44. The van der Waals surface area contributed by atoms with Gasteiger partial charge in [-0.3, -0.25) is 4.79 Å². The number of halogens is 2. The number of hydrogen-bond donors (Lipinski definition) is 0. The second-order valence-electron chi connectivity index (χ2n) is 7.53. The Hall–Kier alpha value is -2.43. The van der Waals surface area contributed by atoms with E-state index < -0.39 is 11.6 Å². The fourth-order valence-corrected chi connectivity index (χ4v) is 3.61. The molecule has 3 nitrogen and oxygen atoms in total. The van der Waals surface area contributed by atoms with Crippen molar-refractivity contribution >= 4 is 5.91 Å². The third kappa shape index (κ3) is 5.09. The molecule has 1 fully saturated rings. The van der Waals surface area contributed by atoms with Crippen LogP contribution in [0.25, 0.3) is 0 Å². The normalized spacial score (nSPS) is 15.4. The Labute approximate surface area is 165 Å². The molecule has 0 heterocycles. The van der Waals surface area contributed by atoms with Crippen LogP contribution in [0.3, 0.4) is 0 Å². The zero-order valence-corrected chi connectivity index (χ0v) is 16.5. The molecule has 0 aromatic heterocycles. The molecule has 2 aromatic carbocycles. The predicted molar refractivity (Wildman–Crippen MR) is 105 cm³/mol. The number of hydrogen-bond acceptors (Lipinski definition) is 2. The first-order valence-corrected chi connectivity index (χ1v) is 9.90. The van der Waals surface area contributed by atoms with Gasteiger partial charge in [-0.1, -0.05) is 18.2 Å². The van der Waals surface area contributed by atoms with Gasteiger partial charge in [-0.05, 0) is 74.4 Å². The molecule has 1 amide bonds. The van der Waals surface area contributed by atoms with E-state index in [0.29, 0.717) is 24.5 Å². The van der Waals surface area contributed by atoms with Crippen molar-refractivity contribution in [1.29, 1.82) is 0 Å². The van der Waals surface area contributed by atoms with E-state index in [2.05, 4.69) is 0 Å². The van der Waals surface area contributed by atoms with Gasteiger partial charge in [0.05, 0.1) is 12.1 Å². The molecule has 0 spiro atoms. The number of rotatable bonds is 7. The van der Waals surface area contributed by atoms with E-state index in [1.165, 1.54) is 18.9 Å². The molecule has 3 rings (SSSR count). The third-order valence-electron chi connectivity index (χ3n) is 5.53. The highest BCUT2D eigenvalue weighted by molar-refractivity contribution is 5.76. The van der Waals surface area contributed by atoms with Gasteiger partial charge in [0.1, 0.15) is 5.75 Å². The maximum atomic E-state index is 13.5. The van der Waals surface area contributed by atoms with Crippen molar-refractivity contribution in [3.05, 3.63) is 65.2 Å². The summed E-state index contributed by atoms with van der Waals surface area (Å²) in [7, 11) is 1.69. The van der Waals surface area contributed by atoms with E-state index >= 15 is 0 Å². The molecule has 0 saturated heterocycles. The fraction of sp³-hybridized carbons (Fsp3) is 0.435. The minimum atomic E-state index is -0.899. The van der Waals surface area contributed by atoms with Gasteiger partial charge in [-0.25, -0.2) is 8.78 Å². The third-order valence-corrected chi connectivity index (χ3v) is 5.53. The van der Waals surface area contributed by atoms with Crippen LogP contribution in [0.4, 0.5) is 8.78 Å². The van der Waals surface area contributed by atoms with Crippen LogP contribution in [0.5, 0.6) is 5.75 Å². The molecule has 1 atom stereocenters. The molecule has 2 aromatic rings. The molecule has 0 N–H and O–H groups in total. The molecule has 5 heteroatoms. The van der Waals surface area contributed by atoms with Gasteiger partial charge < -0.3 is 9.64 Å². The average molecular weight is 387 g/mol. The largest absolute Gasteiger partial charge is 0.490 e. The second kappa shape index (κ2) is 9.18. The zero-order chi connectivity index (χ0) is 20.1. The topological polar surface area (TPSA) is 29.5 Å². The number of ether oxygens (including phenoxy) is 1. The summed E-state index contributed by atoms with van der Waals surface area (Å²) >= 11 is 0. The van der Waals surface area contributed by atoms with Crippen molar-refractivity contribution in [1.82, 2.24) is 4.90 Å². The van der Waals surface area contributed by atoms with E-state index in [0.717, 1.165) is 36.3 Å². The van der Waals surface area contributed by atoms with E-state index in [-0.39, 0.29) is 11.9 Å². The highest BCUT2D eigenvalue weighted by Crippen LogP contribution is 2.25. The summed E-state index contributed by atoms with van der Waals surface area (Å²) in [5, 5.41) is 0. The highest BCUT2D eigenvalue weighted by atomic mass is 19.2. The van der Waals surface area contributed by atoms with E-state index in [4.69, 9.17) is 4.74 Å². The first kappa shape index (κ1) is 20.3. The van der Waals surface area contributed by atoms with Crippen LogP contribution in [0.15, 0.2) is 42.5 Å². The van der Waals surface area contributed by atoms with Crippen LogP contribution in [-0.2, 0) is 11.2 Å². The number of aryl methyl sites for hydroxylation is 1. The zero-order valence-electron chi connectivity index (χ0n) is 16.5. The van der Waals surface area contributed by atoms with E-state index in [1.807, 2.05) is 24.3 Å². The first-order valence-electron chi connectivity index (χ1n) is 9.90. The summed E-state index contributed by atoms with van der Waals surface area (Å²) in [6.07, 6.45) is 5.92. The van der Waals surface area contributed by atoms with Crippen molar-refractivity contribution in [3.8, 4) is 5.75 Å². The van der Waals surface area contributed by atoms with Crippen molar-refractivity contribution in [2.24, 2.45) is 0 Å². The number of nitrogens with zero attached hydrogens (tertiary/aromatic N) is 1. The molecule has 1 unspecified atom stereocenters. The minimum absolute atomic E-state index is 0.0423. The van der Waals surface area contributed by atoms with Gasteiger partial charge in [0.25, 0.3) is 0 Å². The first-order chi connectivity index (χ1) is 13.4. The second-order valence-corrected chi connectivity index (χ2v) is 7.53. The van der Waals surface area contributed by atoms with Crippen LogP contribution >= 0.6 is 0 Å². The van der Waals surface area contributed by atoms with Gasteiger partial charge in [-0.2, -0.15) is 0 Å². The molecule has 28 heavy (non-hydrogen) atoms. The number of carbonyl (C=O) groups is 1. The summed E-state index contributed by atoms with van der Waals surface area (Å²) in [6.45, 7) is 1.81. The van der Waals surface area contributed by atoms with Gasteiger partial charge >= 0.3 is 0 Å². The SMILES string of the molecule is CC(c1ccc(F)c(F)c1)N(C)C(=O)CCc1cccc(OC2CCCC2)c1. The summed E-state index contributed by atoms with van der Waals surface area (Å²) in [5.41, 5.74) is 1.62. The molecule has 150 valence electrons.